The number of amides is 1. The Labute approximate surface area is 141 Å². The average Bonchev–Trinajstić information content (AvgIpc) is 2.44. The molecule has 6 heteroatoms. The minimum atomic E-state index is -0.688. The maximum atomic E-state index is 12.1. The van der Waals surface area contributed by atoms with Crippen LogP contribution < -0.4 is 10.1 Å². The number of benzene rings is 2. The zero-order valence-corrected chi connectivity index (χ0v) is 14.2. The van der Waals surface area contributed by atoms with Crippen LogP contribution in [-0.4, -0.2) is 12.0 Å². The lowest BCUT2D eigenvalue weighted by molar-refractivity contribution is -0.122. The lowest BCUT2D eigenvalue weighted by Crippen LogP contribution is -2.30. The third-order valence-electron chi connectivity index (χ3n) is 2.68. The van der Waals surface area contributed by atoms with E-state index in [9.17, 15) is 4.79 Å². The maximum absolute atomic E-state index is 12.1. The summed E-state index contributed by atoms with van der Waals surface area (Å²) in [4.78, 5) is 12.1. The smallest absolute Gasteiger partial charge is 0.265 e. The van der Waals surface area contributed by atoms with Gasteiger partial charge in [0.2, 0.25) is 0 Å². The highest BCUT2D eigenvalue weighted by Gasteiger charge is 2.16. The molecule has 3 nitrogen and oxygen atoms in total. The number of hydrogen-bond donors (Lipinski definition) is 1. The first-order chi connectivity index (χ1) is 9.95. The molecule has 0 bridgehead atoms. The number of halogens is 3. The van der Waals surface area contributed by atoms with Crippen LogP contribution in [-0.2, 0) is 4.79 Å². The van der Waals surface area contributed by atoms with Gasteiger partial charge in [-0.15, -0.1) is 0 Å². The molecule has 0 aliphatic heterocycles. The summed E-state index contributed by atoms with van der Waals surface area (Å²) in [5, 5.41) is 3.65. The molecule has 110 valence electrons. The van der Waals surface area contributed by atoms with E-state index in [0.29, 0.717) is 21.5 Å². The lowest BCUT2D eigenvalue weighted by atomic mass is 10.3. The summed E-state index contributed by atoms with van der Waals surface area (Å²) in [5.41, 5.74) is 0.695. The van der Waals surface area contributed by atoms with Crippen LogP contribution in [0.4, 0.5) is 5.69 Å². The molecule has 0 unspecified atom stereocenters. The van der Waals surface area contributed by atoms with Crippen molar-refractivity contribution in [1.82, 2.24) is 0 Å². The fourth-order valence-corrected chi connectivity index (χ4v) is 2.31. The molecule has 0 fully saturated rings. The van der Waals surface area contributed by atoms with Crippen LogP contribution in [0, 0.1) is 0 Å². The number of ether oxygens (including phenoxy) is 1. The number of hydrogen-bond acceptors (Lipinski definition) is 2. The van der Waals surface area contributed by atoms with E-state index >= 15 is 0 Å². The quantitative estimate of drug-likeness (QED) is 0.785. The van der Waals surface area contributed by atoms with Crippen LogP contribution in [0.15, 0.2) is 46.9 Å². The summed E-state index contributed by atoms with van der Waals surface area (Å²) in [6.07, 6.45) is -0.688. The van der Waals surface area contributed by atoms with Crippen LogP contribution >= 0.6 is 39.1 Å². The second-order valence-electron chi connectivity index (χ2n) is 4.33. The van der Waals surface area contributed by atoms with E-state index in [1.807, 2.05) is 12.1 Å². The van der Waals surface area contributed by atoms with Crippen molar-refractivity contribution in [3.05, 3.63) is 57.0 Å². The van der Waals surface area contributed by atoms with Gasteiger partial charge in [0.05, 0.1) is 5.02 Å². The summed E-state index contributed by atoms with van der Waals surface area (Å²) in [6.45, 7) is 1.65. The molecule has 0 saturated heterocycles. The van der Waals surface area contributed by atoms with Gasteiger partial charge in [-0.1, -0.05) is 39.1 Å². The van der Waals surface area contributed by atoms with Gasteiger partial charge in [0.25, 0.3) is 5.91 Å². The minimum Gasteiger partial charge on any atom is -0.479 e. The summed E-state index contributed by atoms with van der Waals surface area (Å²) in [6, 6.07) is 12.1. The van der Waals surface area contributed by atoms with Gasteiger partial charge < -0.3 is 10.1 Å². The third-order valence-corrected chi connectivity index (χ3v) is 3.74. The largest absolute Gasteiger partial charge is 0.479 e. The van der Waals surface area contributed by atoms with E-state index in [1.165, 1.54) is 0 Å². The van der Waals surface area contributed by atoms with Crippen molar-refractivity contribution in [1.29, 1.82) is 0 Å². The van der Waals surface area contributed by atoms with Gasteiger partial charge in [0, 0.05) is 15.2 Å². The molecular weight excluding hydrogens is 377 g/mol. The summed E-state index contributed by atoms with van der Waals surface area (Å²) >= 11 is 15.2. The van der Waals surface area contributed by atoms with Gasteiger partial charge in [0.1, 0.15) is 5.75 Å². The van der Waals surface area contributed by atoms with Gasteiger partial charge in [-0.3, -0.25) is 4.79 Å². The standard InChI is InChI=1S/C15H12BrCl2NO2/c1-9(21-14-7-4-11(17)8-13(14)18)15(20)19-12-5-2-10(16)3-6-12/h2-9H,1H3,(H,19,20)/t9-/m1/s1. The fraction of sp³-hybridized carbons (Fsp3) is 0.133. The molecule has 0 spiro atoms. The highest BCUT2D eigenvalue weighted by atomic mass is 79.9. The maximum Gasteiger partial charge on any atom is 0.265 e. The van der Waals surface area contributed by atoms with Gasteiger partial charge in [-0.25, -0.2) is 0 Å². The fourth-order valence-electron chi connectivity index (χ4n) is 1.59. The third kappa shape index (κ3) is 4.63. The van der Waals surface area contributed by atoms with Gasteiger partial charge in [-0.2, -0.15) is 0 Å². The highest BCUT2D eigenvalue weighted by Crippen LogP contribution is 2.28. The first-order valence-electron chi connectivity index (χ1n) is 6.14. The number of anilines is 1. The Morgan fingerprint density at radius 3 is 2.48 bits per heavy atom. The lowest BCUT2D eigenvalue weighted by Gasteiger charge is -2.15. The van der Waals surface area contributed by atoms with Crippen molar-refractivity contribution in [3.8, 4) is 5.75 Å². The molecule has 0 aromatic heterocycles. The second kappa shape index (κ2) is 7.16. The van der Waals surface area contributed by atoms with Crippen LogP contribution in [0.3, 0.4) is 0 Å². The molecule has 0 aliphatic rings. The Balaban J connectivity index is 2.00. The van der Waals surface area contributed by atoms with Crippen molar-refractivity contribution in [2.75, 3.05) is 5.32 Å². The van der Waals surface area contributed by atoms with Crippen molar-refractivity contribution < 1.29 is 9.53 Å². The molecule has 2 aromatic rings. The van der Waals surface area contributed by atoms with E-state index in [0.717, 1.165) is 4.47 Å². The molecule has 0 saturated carbocycles. The van der Waals surface area contributed by atoms with Crippen molar-refractivity contribution in [2.45, 2.75) is 13.0 Å². The van der Waals surface area contributed by atoms with Crippen LogP contribution in [0.1, 0.15) is 6.92 Å². The van der Waals surface area contributed by atoms with E-state index < -0.39 is 6.10 Å². The first kappa shape index (κ1) is 16.1. The molecule has 0 aliphatic carbocycles. The summed E-state index contributed by atoms with van der Waals surface area (Å²) in [5.74, 6) is 0.155. The minimum absolute atomic E-state index is 0.261. The molecule has 1 N–H and O–H groups in total. The Kier molecular flexibility index (Phi) is 5.51. The molecule has 2 aromatic carbocycles. The van der Waals surface area contributed by atoms with E-state index in [-0.39, 0.29) is 5.91 Å². The molecule has 2 rings (SSSR count). The topological polar surface area (TPSA) is 38.3 Å². The normalized spacial score (nSPS) is 11.8. The number of carbonyl (C=O) groups is 1. The van der Waals surface area contributed by atoms with Gasteiger partial charge in [-0.05, 0) is 49.4 Å². The van der Waals surface area contributed by atoms with Crippen molar-refractivity contribution in [3.63, 3.8) is 0 Å². The Bertz CT molecular complexity index is 647. The molecule has 21 heavy (non-hydrogen) atoms. The summed E-state index contributed by atoms with van der Waals surface area (Å²) < 4.78 is 6.49. The highest BCUT2D eigenvalue weighted by molar-refractivity contribution is 9.10. The Morgan fingerprint density at radius 2 is 1.86 bits per heavy atom. The van der Waals surface area contributed by atoms with E-state index in [2.05, 4.69) is 21.2 Å². The van der Waals surface area contributed by atoms with Gasteiger partial charge >= 0.3 is 0 Å². The predicted molar refractivity (Wildman–Crippen MR) is 89.3 cm³/mol. The monoisotopic (exact) mass is 387 g/mol. The van der Waals surface area contributed by atoms with Gasteiger partial charge in [0.15, 0.2) is 6.10 Å². The molecular formula is C15H12BrCl2NO2. The van der Waals surface area contributed by atoms with Crippen molar-refractivity contribution in [2.24, 2.45) is 0 Å². The van der Waals surface area contributed by atoms with Crippen LogP contribution in [0.2, 0.25) is 10.0 Å². The van der Waals surface area contributed by atoms with Crippen LogP contribution in [0.25, 0.3) is 0 Å². The summed E-state index contributed by atoms with van der Waals surface area (Å²) in [7, 11) is 0. The Hall–Kier alpha value is -1.23. The van der Waals surface area contributed by atoms with E-state index in [1.54, 1.807) is 37.3 Å². The zero-order valence-electron chi connectivity index (χ0n) is 11.1. The Morgan fingerprint density at radius 1 is 1.19 bits per heavy atom. The number of carbonyl (C=O) groups excluding carboxylic acids is 1. The van der Waals surface area contributed by atoms with Crippen LogP contribution in [0.5, 0.6) is 5.75 Å². The van der Waals surface area contributed by atoms with Crippen molar-refractivity contribution >= 4 is 50.7 Å². The average molecular weight is 389 g/mol. The molecule has 1 atom stereocenters. The zero-order chi connectivity index (χ0) is 15.4. The molecule has 0 radical (unpaired) electrons. The molecule has 0 heterocycles. The predicted octanol–water partition coefficient (Wildman–Crippen LogP) is 5.16. The second-order valence-corrected chi connectivity index (χ2v) is 6.09. The first-order valence-corrected chi connectivity index (χ1v) is 7.69. The SMILES string of the molecule is C[C@@H](Oc1ccc(Cl)cc1Cl)C(=O)Nc1ccc(Br)cc1. The van der Waals surface area contributed by atoms with E-state index in [4.69, 9.17) is 27.9 Å². The number of nitrogens with one attached hydrogen (secondary N) is 1. The molecule has 1 amide bonds. The number of rotatable bonds is 4.